The fraction of sp³-hybridized carbons (Fsp3) is 0.381. The molecule has 2 aromatic carbocycles. The van der Waals surface area contributed by atoms with E-state index in [9.17, 15) is 18.8 Å². The highest BCUT2D eigenvalue weighted by atomic mass is 32.2. The van der Waals surface area contributed by atoms with Crippen molar-refractivity contribution in [1.82, 2.24) is 0 Å². The van der Waals surface area contributed by atoms with Gasteiger partial charge in [-0.05, 0) is 48.4 Å². The van der Waals surface area contributed by atoms with Gasteiger partial charge in [0.2, 0.25) is 0 Å². The number of hydrogen-bond acceptors (Lipinski definition) is 4. The molecular formula is C21H21NO3S. The standard InChI is InChI=1S/C21H21NO3S/c22-14-17-3-1-2-4-20(17)16-7-5-15(6-8-16)11-21(23)12-18-9-10-19(13-21)26(18,24)25/h1-8,18-19,23H,9-13H2. The number of fused-ring (bicyclic) bond motifs is 2. The number of aliphatic hydroxyl groups is 1. The monoisotopic (exact) mass is 367 g/mol. The third-order valence-electron chi connectivity index (χ3n) is 5.80. The summed E-state index contributed by atoms with van der Waals surface area (Å²) in [6.07, 6.45) is 2.50. The third kappa shape index (κ3) is 2.94. The summed E-state index contributed by atoms with van der Waals surface area (Å²) in [6.45, 7) is 0. The van der Waals surface area contributed by atoms with Crippen LogP contribution in [0.15, 0.2) is 48.5 Å². The number of benzene rings is 2. The zero-order valence-electron chi connectivity index (χ0n) is 14.4. The molecule has 1 N–H and O–H groups in total. The molecule has 2 aliphatic heterocycles. The summed E-state index contributed by atoms with van der Waals surface area (Å²) in [5.41, 5.74) is 2.53. The highest BCUT2D eigenvalue weighted by Gasteiger charge is 2.52. The predicted molar refractivity (Wildman–Crippen MR) is 100 cm³/mol. The van der Waals surface area contributed by atoms with E-state index in [0.717, 1.165) is 16.7 Å². The van der Waals surface area contributed by atoms with E-state index in [1.54, 1.807) is 6.07 Å². The Morgan fingerprint density at radius 3 is 2.27 bits per heavy atom. The van der Waals surface area contributed by atoms with Crippen LogP contribution in [-0.4, -0.2) is 29.6 Å². The van der Waals surface area contributed by atoms with Gasteiger partial charge in [0.05, 0.1) is 27.7 Å². The Balaban J connectivity index is 1.55. The lowest BCUT2D eigenvalue weighted by molar-refractivity contribution is 0.0219. The second-order valence-corrected chi connectivity index (χ2v) is 10.1. The molecule has 0 spiro atoms. The lowest BCUT2D eigenvalue weighted by Gasteiger charge is -2.36. The average molecular weight is 367 g/mol. The van der Waals surface area contributed by atoms with Gasteiger partial charge in [-0.3, -0.25) is 0 Å². The molecule has 0 radical (unpaired) electrons. The molecule has 26 heavy (non-hydrogen) atoms. The van der Waals surface area contributed by atoms with Crippen LogP contribution in [-0.2, 0) is 16.3 Å². The van der Waals surface area contributed by atoms with Crippen molar-refractivity contribution in [2.45, 2.75) is 48.2 Å². The van der Waals surface area contributed by atoms with Gasteiger partial charge < -0.3 is 5.11 Å². The Bertz CT molecular complexity index is 953. The van der Waals surface area contributed by atoms with Crippen molar-refractivity contribution < 1.29 is 13.5 Å². The summed E-state index contributed by atoms with van der Waals surface area (Å²) in [4.78, 5) is 0. The summed E-state index contributed by atoms with van der Waals surface area (Å²) in [5.74, 6) is 0. The highest BCUT2D eigenvalue weighted by molar-refractivity contribution is 7.93. The van der Waals surface area contributed by atoms with Crippen molar-refractivity contribution in [1.29, 1.82) is 5.26 Å². The number of rotatable bonds is 3. The SMILES string of the molecule is N#Cc1ccccc1-c1ccc(CC2(O)CC3CCC(C2)S3(=O)=O)cc1. The summed E-state index contributed by atoms with van der Waals surface area (Å²) >= 11 is 0. The number of nitrogens with zero attached hydrogens (tertiary/aromatic N) is 1. The molecule has 2 aliphatic rings. The van der Waals surface area contributed by atoms with Crippen molar-refractivity contribution >= 4 is 9.84 Å². The normalized spacial score (nSPS) is 29.2. The molecule has 0 amide bonds. The first kappa shape index (κ1) is 17.3. The van der Waals surface area contributed by atoms with E-state index in [4.69, 9.17) is 0 Å². The van der Waals surface area contributed by atoms with Crippen LogP contribution < -0.4 is 0 Å². The van der Waals surface area contributed by atoms with Crippen molar-refractivity contribution in [3.63, 3.8) is 0 Å². The van der Waals surface area contributed by atoms with Gasteiger partial charge in [0, 0.05) is 6.42 Å². The van der Waals surface area contributed by atoms with Gasteiger partial charge in [0.25, 0.3) is 0 Å². The molecule has 134 valence electrons. The molecule has 2 bridgehead atoms. The molecule has 2 unspecified atom stereocenters. The number of hydrogen-bond donors (Lipinski definition) is 1. The molecule has 5 heteroatoms. The zero-order valence-corrected chi connectivity index (χ0v) is 15.2. The molecule has 4 rings (SSSR count). The lowest BCUT2D eigenvalue weighted by Crippen LogP contribution is -2.46. The first-order valence-corrected chi connectivity index (χ1v) is 10.6. The zero-order chi connectivity index (χ0) is 18.4. The fourth-order valence-electron chi connectivity index (χ4n) is 4.50. The molecule has 2 atom stereocenters. The van der Waals surface area contributed by atoms with Crippen LogP contribution in [0, 0.1) is 11.3 Å². The fourth-order valence-corrected chi connectivity index (χ4v) is 7.06. The number of sulfone groups is 1. The van der Waals surface area contributed by atoms with Crippen molar-refractivity contribution in [3.05, 3.63) is 59.7 Å². The quantitative estimate of drug-likeness (QED) is 0.903. The molecule has 2 fully saturated rings. The molecule has 0 aromatic heterocycles. The van der Waals surface area contributed by atoms with Gasteiger partial charge in [-0.2, -0.15) is 5.26 Å². The Labute approximate surface area is 154 Å². The van der Waals surface area contributed by atoms with E-state index in [-0.39, 0.29) is 10.5 Å². The van der Waals surface area contributed by atoms with Crippen molar-refractivity contribution in [2.24, 2.45) is 0 Å². The second kappa shape index (κ2) is 6.22. The Hall–Kier alpha value is -2.16. The predicted octanol–water partition coefficient (Wildman–Crippen LogP) is 3.24. The van der Waals surface area contributed by atoms with E-state index in [2.05, 4.69) is 6.07 Å². The van der Waals surface area contributed by atoms with Crippen LogP contribution in [0.25, 0.3) is 11.1 Å². The van der Waals surface area contributed by atoms with Gasteiger partial charge in [-0.1, -0.05) is 42.5 Å². The number of nitriles is 1. The molecule has 2 saturated heterocycles. The largest absolute Gasteiger partial charge is 0.389 e. The van der Waals surface area contributed by atoms with Crippen LogP contribution in [0.3, 0.4) is 0 Å². The van der Waals surface area contributed by atoms with Crippen LogP contribution in [0.1, 0.15) is 36.8 Å². The van der Waals surface area contributed by atoms with Crippen LogP contribution in [0.5, 0.6) is 0 Å². The van der Waals surface area contributed by atoms with Gasteiger partial charge in [0.15, 0.2) is 9.84 Å². The first-order valence-electron chi connectivity index (χ1n) is 8.95. The van der Waals surface area contributed by atoms with E-state index in [1.807, 2.05) is 42.5 Å². The van der Waals surface area contributed by atoms with Crippen LogP contribution in [0.4, 0.5) is 0 Å². The summed E-state index contributed by atoms with van der Waals surface area (Å²) in [7, 11) is -3.03. The topological polar surface area (TPSA) is 78.2 Å². The van der Waals surface area contributed by atoms with E-state index in [0.29, 0.717) is 37.7 Å². The van der Waals surface area contributed by atoms with Gasteiger partial charge in [-0.25, -0.2) is 8.42 Å². The molecule has 4 nitrogen and oxygen atoms in total. The molecular weight excluding hydrogens is 346 g/mol. The molecule has 2 aromatic rings. The van der Waals surface area contributed by atoms with Crippen molar-refractivity contribution in [2.75, 3.05) is 0 Å². The Morgan fingerprint density at radius 1 is 1.04 bits per heavy atom. The third-order valence-corrected chi connectivity index (χ3v) is 8.46. The van der Waals surface area contributed by atoms with E-state index in [1.165, 1.54) is 0 Å². The van der Waals surface area contributed by atoms with Crippen LogP contribution >= 0.6 is 0 Å². The second-order valence-electron chi connectivity index (χ2n) is 7.57. The van der Waals surface area contributed by atoms with Gasteiger partial charge in [0.1, 0.15) is 0 Å². The molecule has 0 saturated carbocycles. The van der Waals surface area contributed by atoms with Crippen molar-refractivity contribution in [3.8, 4) is 17.2 Å². The maximum absolute atomic E-state index is 12.2. The average Bonchev–Trinajstić information content (AvgIpc) is 2.80. The maximum atomic E-state index is 12.2. The smallest absolute Gasteiger partial charge is 0.156 e. The Kier molecular flexibility index (Phi) is 4.13. The van der Waals surface area contributed by atoms with E-state index < -0.39 is 15.4 Å². The maximum Gasteiger partial charge on any atom is 0.156 e. The minimum atomic E-state index is -3.03. The minimum absolute atomic E-state index is 0.338. The minimum Gasteiger partial charge on any atom is -0.389 e. The summed E-state index contributed by atoms with van der Waals surface area (Å²) in [6, 6.07) is 17.5. The van der Waals surface area contributed by atoms with Gasteiger partial charge >= 0.3 is 0 Å². The molecule has 2 heterocycles. The molecule has 0 aliphatic carbocycles. The summed E-state index contributed by atoms with van der Waals surface area (Å²) in [5, 5.41) is 19.5. The van der Waals surface area contributed by atoms with Crippen LogP contribution in [0.2, 0.25) is 0 Å². The lowest BCUT2D eigenvalue weighted by atomic mass is 9.86. The first-order chi connectivity index (χ1) is 12.4. The summed E-state index contributed by atoms with van der Waals surface area (Å²) < 4.78 is 24.5. The highest BCUT2D eigenvalue weighted by Crippen LogP contribution is 2.44. The van der Waals surface area contributed by atoms with Gasteiger partial charge in [-0.15, -0.1) is 0 Å². The van der Waals surface area contributed by atoms with E-state index >= 15 is 0 Å². The Morgan fingerprint density at radius 2 is 1.65 bits per heavy atom.